The molecule has 0 saturated carbocycles. The van der Waals surface area contributed by atoms with Crippen LogP contribution in [0.4, 0.5) is 24.5 Å². The maximum absolute atomic E-state index is 12.8. The van der Waals surface area contributed by atoms with Gasteiger partial charge in [-0.15, -0.1) is 0 Å². The lowest BCUT2D eigenvalue weighted by molar-refractivity contribution is -0.137. The smallest absolute Gasteiger partial charge is 0.378 e. The van der Waals surface area contributed by atoms with Crippen LogP contribution in [0.3, 0.4) is 0 Å². The van der Waals surface area contributed by atoms with E-state index in [1.165, 1.54) is 6.07 Å². The Hall–Kier alpha value is -1.76. The van der Waals surface area contributed by atoms with Gasteiger partial charge in [-0.25, -0.2) is 0 Å². The van der Waals surface area contributed by atoms with Gasteiger partial charge >= 0.3 is 6.18 Å². The van der Waals surface area contributed by atoms with Crippen LogP contribution in [0.25, 0.3) is 0 Å². The Kier molecular flexibility index (Phi) is 4.95. The van der Waals surface area contributed by atoms with Gasteiger partial charge in [0.15, 0.2) is 0 Å². The van der Waals surface area contributed by atoms with Gasteiger partial charge in [0.2, 0.25) is 5.91 Å². The molecule has 1 atom stereocenters. The maximum Gasteiger partial charge on any atom is 0.416 e. The average Bonchev–Trinajstić information content (AvgIpc) is 2.89. The first kappa shape index (κ1) is 16.6. The van der Waals surface area contributed by atoms with Crippen molar-refractivity contribution in [2.75, 3.05) is 30.9 Å². The SMILES string of the molecule is CN(C)c1ccc(C(F)(F)F)cc1NC(=O)C[C@@H]1CCCO1. The van der Waals surface area contributed by atoms with Gasteiger partial charge in [-0.05, 0) is 31.0 Å². The number of anilines is 2. The van der Waals surface area contributed by atoms with Crippen molar-refractivity contribution < 1.29 is 22.7 Å². The normalized spacial score (nSPS) is 18.3. The molecule has 122 valence electrons. The number of carbonyl (C=O) groups excluding carboxylic acids is 1. The zero-order valence-corrected chi connectivity index (χ0v) is 12.5. The molecular formula is C15H19F3N2O2. The van der Waals surface area contributed by atoms with Crippen molar-refractivity contribution in [3.05, 3.63) is 23.8 Å². The van der Waals surface area contributed by atoms with Crippen molar-refractivity contribution in [2.45, 2.75) is 31.5 Å². The van der Waals surface area contributed by atoms with Crippen LogP contribution in [-0.2, 0) is 15.7 Å². The molecule has 0 aromatic heterocycles. The monoisotopic (exact) mass is 316 g/mol. The minimum atomic E-state index is -4.45. The Bertz CT molecular complexity index is 538. The van der Waals surface area contributed by atoms with Crippen molar-refractivity contribution >= 4 is 17.3 Å². The van der Waals surface area contributed by atoms with Crippen molar-refractivity contribution in [1.29, 1.82) is 0 Å². The molecule has 1 aromatic carbocycles. The number of ether oxygens (including phenoxy) is 1. The molecule has 1 N–H and O–H groups in total. The number of amides is 1. The average molecular weight is 316 g/mol. The molecule has 0 radical (unpaired) electrons. The summed E-state index contributed by atoms with van der Waals surface area (Å²) >= 11 is 0. The summed E-state index contributed by atoms with van der Waals surface area (Å²) in [5.74, 6) is -0.339. The number of hydrogen-bond donors (Lipinski definition) is 1. The van der Waals surface area contributed by atoms with Gasteiger partial charge in [-0.3, -0.25) is 4.79 Å². The molecule has 1 aliphatic heterocycles. The molecule has 1 heterocycles. The topological polar surface area (TPSA) is 41.6 Å². The van der Waals surface area contributed by atoms with Crippen molar-refractivity contribution in [3.63, 3.8) is 0 Å². The summed E-state index contributed by atoms with van der Waals surface area (Å²) in [6.45, 7) is 0.629. The Balaban J connectivity index is 2.17. The van der Waals surface area contributed by atoms with E-state index in [1.807, 2.05) is 0 Å². The number of nitrogens with zero attached hydrogens (tertiary/aromatic N) is 1. The first-order valence-electron chi connectivity index (χ1n) is 7.07. The van der Waals surface area contributed by atoms with Crippen LogP contribution < -0.4 is 10.2 Å². The Morgan fingerprint density at radius 1 is 1.41 bits per heavy atom. The summed E-state index contributed by atoms with van der Waals surface area (Å²) in [6.07, 6.45) is -2.73. The first-order valence-corrected chi connectivity index (χ1v) is 7.07. The van der Waals surface area contributed by atoms with Gasteiger partial charge in [-0.1, -0.05) is 0 Å². The third kappa shape index (κ3) is 4.13. The third-order valence-electron chi connectivity index (χ3n) is 3.52. The van der Waals surface area contributed by atoms with Crippen molar-refractivity contribution in [3.8, 4) is 0 Å². The predicted molar refractivity (Wildman–Crippen MR) is 78.0 cm³/mol. The zero-order chi connectivity index (χ0) is 16.3. The summed E-state index contributed by atoms with van der Waals surface area (Å²) in [5.41, 5.74) is -0.109. The molecule has 0 aliphatic carbocycles. The van der Waals surface area contributed by atoms with Crippen LogP contribution in [0.15, 0.2) is 18.2 Å². The number of carbonyl (C=O) groups is 1. The fraction of sp³-hybridized carbons (Fsp3) is 0.533. The van der Waals surface area contributed by atoms with Gasteiger partial charge in [-0.2, -0.15) is 13.2 Å². The lowest BCUT2D eigenvalue weighted by Crippen LogP contribution is -2.21. The van der Waals surface area contributed by atoms with E-state index in [2.05, 4.69) is 5.32 Å². The van der Waals surface area contributed by atoms with Gasteiger partial charge in [0.25, 0.3) is 0 Å². The van der Waals surface area contributed by atoms with E-state index in [0.29, 0.717) is 12.3 Å². The predicted octanol–water partition coefficient (Wildman–Crippen LogP) is 3.28. The summed E-state index contributed by atoms with van der Waals surface area (Å²) in [4.78, 5) is 13.7. The number of nitrogens with one attached hydrogen (secondary N) is 1. The van der Waals surface area contributed by atoms with E-state index >= 15 is 0 Å². The number of benzene rings is 1. The summed E-state index contributed by atoms with van der Waals surface area (Å²) < 4.78 is 43.8. The van der Waals surface area contributed by atoms with Gasteiger partial charge in [0, 0.05) is 20.7 Å². The van der Waals surface area contributed by atoms with Crippen molar-refractivity contribution in [1.82, 2.24) is 0 Å². The number of halogens is 3. The molecule has 1 aromatic rings. The summed E-state index contributed by atoms with van der Waals surface area (Å²) in [5, 5.41) is 2.57. The van der Waals surface area contributed by atoms with Crippen LogP contribution >= 0.6 is 0 Å². The Labute approximate surface area is 127 Å². The molecule has 0 spiro atoms. The largest absolute Gasteiger partial charge is 0.416 e. The molecule has 22 heavy (non-hydrogen) atoms. The molecule has 1 aliphatic rings. The second-order valence-electron chi connectivity index (χ2n) is 5.51. The van der Waals surface area contributed by atoms with E-state index < -0.39 is 11.7 Å². The minimum Gasteiger partial charge on any atom is -0.378 e. The number of hydrogen-bond acceptors (Lipinski definition) is 3. The van der Waals surface area contributed by atoms with E-state index in [0.717, 1.165) is 25.0 Å². The lowest BCUT2D eigenvalue weighted by Gasteiger charge is -2.20. The third-order valence-corrected chi connectivity index (χ3v) is 3.52. The fourth-order valence-electron chi connectivity index (χ4n) is 2.42. The number of rotatable bonds is 4. The molecule has 7 heteroatoms. The molecule has 1 amide bonds. The second kappa shape index (κ2) is 6.56. The highest BCUT2D eigenvalue weighted by Gasteiger charge is 2.31. The van der Waals surface area contributed by atoms with Crippen LogP contribution in [0.5, 0.6) is 0 Å². The van der Waals surface area contributed by atoms with Gasteiger partial charge < -0.3 is 15.0 Å². The quantitative estimate of drug-likeness (QED) is 0.927. The summed E-state index contributed by atoms with van der Waals surface area (Å²) in [6, 6.07) is 3.32. The standard InChI is InChI=1S/C15H19F3N2O2/c1-20(2)13-6-5-10(15(16,17)18)8-12(13)19-14(21)9-11-4-3-7-22-11/h5-6,8,11H,3-4,7,9H2,1-2H3,(H,19,21)/t11-/m0/s1. The molecule has 2 rings (SSSR count). The van der Waals surface area contributed by atoms with E-state index in [9.17, 15) is 18.0 Å². The van der Waals surface area contributed by atoms with E-state index in [-0.39, 0.29) is 24.1 Å². The van der Waals surface area contributed by atoms with Crippen LogP contribution in [0, 0.1) is 0 Å². The van der Waals surface area contributed by atoms with Gasteiger partial charge in [0.05, 0.1) is 29.5 Å². The van der Waals surface area contributed by atoms with Crippen LogP contribution in [-0.4, -0.2) is 32.7 Å². The molecular weight excluding hydrogens is 297 g/mol. The van der Waals surface area contributed by atoms with Crippen LogP contribution in [0.1, 0.15) is 24.8 Å². The van der Waals surface area contributed by atoms with Crippen molar-refractivity contribution in [2.24, 2.45) is 0 Å². The molecule has 1 fully saturated rings. The highest BCUT2D eigenvalue weighted by Crippen LogP contribution is 2.35. The molecule has 0 bridgehead atoms. The summed E-state index contributed by atoms with van der Waals surface area (Å²) in [7, 11) is 3.41. The van der Waals surface area contributed by atoms with Crippen LogP contribution in [0.2, 0.25) is 0 Å². The highest BCUT2D eigenvalue weighted by molar-refractivity contribution is 5.94. The lowest BCUT2D eigenvalue weighted by atomic mass is 10.1. The number of alkyl halides is 3. The van der Waals surface area contributed by atoms with E-state index in [4.69, 9.17) is 4.74 Å². The fourth-order valence-corrected chi connectivity index (χ4v) is 2.42. The first-order chi connectivity index (χ1) is 10.3. The molecule has 4 nitrogen and oxygen atoms in total. The minimum absolute atomic E-state index is 0.145. The molecule has 0 unspecified atom stereocenters. The van der Waals surface area contributed by atoms with E-state index in [1.54, 1.807) is 19.0 Å². The highest BCUT2D eigenvalue weighted by atomic mass is 19.4. The maximum atomic E-state index is 12.8. The Morgan fingerprint density at radius 2 is 2.14 bits per heavy atom. The Morgan fingerprint density at radius 3 is 2.68 bits per heavy atom. The van der Waals surface area contributed by atoms with Gasteiger partial charge in [0.1, 0.15) is 0 Å². The second-order valence-corrected chi connectivity index (χ2v) is 5.51. The molecule has 1 saturated heterocycles. The zero-order valence-electron chi connectivity index (χ0n) is 12.5.